The number of aliphatic hydroxyl groups excluding tert-OH is 1. The molecule has 304 valence electrons. The third-order valence-corrected chi connectivity index (χ3v) is 24.6. The Kier molecular flexibility index (Phi) is 15.1. The van der Waals surface area contributed by atoms with Crippen LogP contribution >= 0.6 is 0 Å². The average Bonchev–Trinajstić information content (AvgIpc) is 3.78. The van der Waals surface area contributed by atoms with Gasteiger partial charge in [-0.25, -0.2) is 0 Å². The second kappa shape index (κ2) is 17.8. The van der Waals surface area contributed by atoms with E-state index in [0.29, 0.717) is 30.0 Å². The zero-order valence-electron chi connectivity index (χ0n) is 37.0. The molecule has 0 aromatic heterocycles. The molecule has 0 aliphatic heterocycles. The molecular formula is C47H84O4Si2. The van der Waals surface area contributed by atoms with E-state index < -0.39 is 28.2 Å². The van der Waals surface area contributed by atoms with Gasteiger partial charge in [0.1, 0.15) is 5.78 Å². The predicted octanol–water partition coefficient (Wildman–Crippen LogP) is 13.7. The Morgan fingerprint density at radius 1 is 0.849 bits per heavy atom. The largest absolute Gasteiger partial charge is 0.414 e. The molecule has 4 nitrogen and oxygen atoms in total. The van der Waals surface area contributed by atoms with Crippen molar-refractivity contribution in [1.82, 2.24) is 0 Å². The van der Waals surface area contributed by atoms with Crippen LogP contribution in [0, 0.1) is 28.6 Å². The first-order valence-electron chi connectivity index (χ1n) is 22.2. The van der Waals surface area contributed by atoms with Crippen LogP contribution in [-0.4, -0.2) is 45.8 Å². The third kappa shape index (κ3) is 11.0. The van der Waals surface area contributed by atoms with E-state index in [-0.39, 0.29) is 27.7 Å². The van der Waals surface area contributed by atoms with Crippen molar-refractivity contribution in [3.8, 4) is 0 Å². The summed E-state index contributed by atoms with van der Waals surface area (Å²) >= 11 is 0. The van der Waals surface area contributed by atoms with Gasteiger partial charge in [-0.05, 0) is 130 Å². The standard InChI is InChI=1S/C47H84O4Si2/c1-14-15-16-17-18-19-22-42(48)47(30-31-47)43(49)28-23-35(2)40-26-27-41-37(21-20-29-46(40,41)9)25-24-36-32-38(50-52(10,11)44(3,4)5)34-39(33-36)51-53(12,13)45(6,7)8/h23-25,28,35,38-41,43,49H,14-22,26-27,29-34H2,1-13H3/b28-23+,37-25+/t35-,38-,39-,40-,41+,43-,46-/m1/s1. The van der Waals surface area contributed by atoms with Crippen LogP contribution < -0.4 is 0 Å². The van der Waals surface area contributed by atoms with E-state index in [9.17, 15) is 9.90 Å². The highest BCUT2D eigenvalue weighted by Crippen LogP contribution is 2.60. The lowest BCUT2D eigenvalue weighted by atomic mass is 9.61. The maximum absolute atomic E-state index is 13.2. The molecule has 53 heavy (non-hydrogen) atoms. The van der Waals surface area contributed by atoms with Crippen molar-refractivity contribution in [3.05, 3.63) is 35.5 Å². The summed E-state index contributed by atoms with van der Waals surface area (Å²) in [7, 11) is -3.82. The van der Waals surface area contributed by atoms with Gasteiger partial charge in [-0.2, -0.15) is 0 Å². The summed E-state index contributed by atoms with van der Waals surface area (Å²) in [5.74, 6) is 1.91. The molecule has 0 bridgehead atoms. The van der Waals surface area contributed by atoms with Crippen molar-refractivity contribution in [3.63, 3.8) is 0 Å². The molecule has 0 heterocycles. The third-order valence-electron chi connectivity index (χ3n) is 15.5. The van der Waals surface area contributed by atoms with Gasteiger partial charge in [-0.15, -0.1) is 0 Å². The number of Topliss-reactive ketones (excluding diaryl/α,β-unsaturated/α-hetero) is 1. The van der Waals surface area contributed by atoms with Gasteiger partial charge >= 0.3 is 0 Å². The molecular weight excluding hydrogens is 685 g/mol. The van der Waals surface area contributed by atoms with E-state index in [0.717, 1.165) is 44.9 Å². The molecule has 0 amide bonds. The smallest absolute Gasteiger partial charge is 0.192 e. The number of carbonyl (C=O) groups is 1. The highest BCUT2D eigenvalue weighted by molar-refractivity contribution is 6.74. The summed E-state index contributed by atoms with van der Waals surface area (Å²) in [5, 5.41) is 11.7. The maximum Gasteiger partial charge on any atom is 0.192 e. The van der Waals surface area contributed by atoms with E-state index in [4.69, 9.17) is 8.85 Å². The molecule has 4 aliphatic carbocycles. The Hall–Kier alpha value is -0.796. The molecule has 4 fully saturated rings. The molecule has 6 heteroatoms. The molecule has 0 saturated heterocycles. The molecule has 4 rings (SSSR count). The summed E-state index contributed by atoms with van der Waals surface area (Å²) in [6.45, 7) is 30.9. The normalized spacial score (nSPS) is 30.1. The van der Waals surface area contributed by atoms with Crippen molar-refractivity contribution in [2.75, 3.05) is 0 Å². The minimum atomic E-state index is -1.91. The Balaban J connectivity index is 1.44. The van der Waals surface area contributed by atoms with E-state index in [1.54, 1.807) is 5.57 Å². The first kappa shape index (κ1) is 44.9. The summed E-state index contributed by atoms with van der Waals surface area (Å²) in [6.07, 6.45) is 27.9. The van der Waals surface area contributed by atoms with E-state index in [2.05, 4.69) is 107 Å². The molecule has 4 aliphatic rings. The van der Waals surface area contributed by atoms with Gasteiger partial charge in [0.2, 0.25) is 0 Å². The SMILES string of the molecule is CCCCCCCCC(=O)C1([C@H](O)/C=C/[C@@H](C)[C@H]2CC[C@H]3/C(=C/C=C4C[C@@H](O[Si](C)(C)C(C)(C)C)C[C@H](O[Si](C)(C)C(C)(C)C)C4)CCC[C@]23C)CC1. The summed E-state index contributed by atoms with van der Waals surface area (Å²) < 4.78 is 14.2. The van der Waals surface area contributed by atoms with Gasteiger partial charge < -0.3 is 14.0 Å². The van der Waals surface area contributed by atoms with E-state index in [1.165, 1.54) is 63.4 Å². The van der Waals surface area contributed by atoms with Crippen LogP contribution in [0.2, 0.25) is 36.3 Å². The van der Waals surface area contributed by atoms with Crippen LogP contribution in [0.3, 0.4) is 0 Å². The van der Waals surface area contributed by atoms with Gasteiger partial charge in [0.25, 0.3) is 0 Å². The summed E-state index contributed by atoms with van der Waals surface area (Å²) in [5.41, 5.74) is 2.93. The highest BCUT2D eigenvalue weighted by atomic mass is 28.4. The van der Waals surface area contributed by atoms with E-state index in [1.807, 2.05) is 6.08 Å². The van der Waals surface area contributed by atoms with Crippen molar-refractivity contribution in [1.29, 1.82) is 0 Å². The first-order valence-corrected chi connectivity index (χ1v) is 28.0. The number of rotatable bonds is 17. The molecule has 0 radical (unpaired) electrons. The minimum absolute atomic E-state index is 0.187. The Labute approximate surface area is 330 Å². The van der Waals surface area contributed by atoms with Crippen LogP contribution in [-0.2, 0) is 13.6 Å². The van der Waals surface area contributed by atoms with Crippen LogP contribution in [0.25, 0.3) is 0 Å². The monoisotopic (exact) mass is 769 g/mol. The van der Waals surface area contributed by atoms with Gasteiger partial charge in [0.05, 0.1) is 23.7 Å². The fourth-order valence-corrected chi connectivity index (χ4v) is 12.5. The van der Waals surface area contributed by atoms with Crippen LogP contribution in [0.1, 0.15) is 171 Å². The second-order valence-electron chi connectivity index (χ2n) is 21.6. The van der Waals surface area contributed by atoms with Crippen molar-refractivity contribution in [2.24, 2.45) is 28.6 Å². The highest BCUT2D eigenvalue weighted by Gasteiger charge is 2.54. The average molecular weight is 769 g/mol. The van der Waals surface area contributed by atoms with Crippen LogP contribution in [0.15, 0.2) is 35.5 Å². The van der Waals surface area contributed by atoms with Crippen LogP contribution in [0.5, 0.6) is 0 Å². The van der Waals surface area contributed by atoms with Gasteiger partial charge in [-0.3, -0.25) is 4.79 Å². The lowest BCUT2D eigenvalue weighted by Gasteiger charge is -2.45. The molecule has 4 saturated carbocycles. The van der Waals surface area contributed by atoms with Crippen molar-refractivity contribution >= 4 is 22.4 Å². The fourth-order valence-electron chi connectivity index (χ4n) is 9.79. The second-order valence-corrected chi connectivity index (χ2v) is 31.1. The number of allylic oxidation sites excluding steroid dienone is 4. The molecule has 0 unspecified atom stereocenters. The number of fused-ring (bicyclic) bond motifs is 1. The van der Waals surface area contributed by atoms with Crippen molar-refractivity contribution < 1.29 is 18.8 Å². The quantitative estimate of drug-likeness (QED) is 0.0909. The number of aliphatic hydroxyl groups is 1. The zero-order valence-corrected chi connectivity index (χ0v) is 39.0. The van der Waals surface area contributed by atoms with Gasteiger partial charge in [-0.1, -0.05) is 130 Å². The maximum atomic E-state index is 13.2. The number of unbranched alkanes of at least 4 members (excludes halogenated alkanes) is 5. The fraction of sp³-hybridized carbons (Fsp3) is 0.851. The molecule has 0 spiro atoms. The van der Waals surface area contributed by atoms with Gasteiger partial charge in [0, 0.05) is 6.42 Å². The van der Waals surface area contributed by atoms with E-state index >= 15 is 0 Å². The Morgan fingerprint density at radius 2 is 1.42 bits per heavy atom. The van der Waals surface area contributed by atoms with Crippen LogP contribution in [0.4, 0.5) is 0 Å². The number of hydrogen-bond acceptors (Lipinski definition) is 4. The molecule has 0 aromatic carbocycles. The van der Waals surface area contributed by atoms with Gasteiger partial charge in [0.15, 0.2) is 16.6 Å². The lowest BCUT2D eigenvalue weighted by molar-refractivity contribution is -0.127. The molecule has 1 N–H and O–H groups in total. The topological polar surface area (TPSA) is 55.8 Å². The zero-order chi connectivity index (χ0) is 39.5. The predicted molar refractivity (Wildman–Crippen MR) is 231 cm³/mol. The minimum Gasteiger partial charge on any atom is -0.414 e. The lowest BCUT2D eigenvalue weighted by Crippen LogP contribution is -2.48. The molecule has 0 aromatic rings. The number of ketones is 1. The summed E-state index contributed by atoms with van der Waals surface area (Å²) in [4.78, 5) is 13.2. The summed E-state index contributed by atoms with van der Waals surface area (Å²) in [6, 6.07) is 0. The number of carbonyl (C=O) groups excluding carboxylic acids is 1. The molecule has 7 atom stereocenters. The Morgan fingerprint density at radius 3 is 1.96 bits per heavy atom. The van der Waals surface area contributed by atoms with Crippen molar-refractivity contribution in [2.45, 2.75) is 226 Å². The number of hydrogen-bond donors (Lipinski definition) is 1. The Bertz CT molecular complexity index is 1270. The first-order chi connectivity index (χ1) is 24.6.